The number of carboxylic acids is 2. The molecule has 0 bridgehead atoms. The number of aliphatic hydroxyl groups is 1. The maximum absolute atomic E-state index is 12.2. The molecule has 8 N–H and O–H groups in total. The van der Waals surface area contributed by atoms with Crippen molar-refractivity contribution in [3.05, 3.63) is 0 Å². The number of carbonyl (C=O) groups excluding carboxylic acids is 3. The number of hydrogen-bond acceptors (Lipinski definition) is 7. The van der Waals surface area contributed by atoms with Crippen LogP contribution in [-0.4, -0.2) is 75.8 Å². The number of aliphatic carboxylic acids is 2. The third-order valence-corrected chi connectivity index (χ3v) is 3.79. The summed E-state index contributed by atoms with van der Waals surface area (Å²) in [5, 5.41) is 33.6. The molecular weight excluding hydrogens is 376 g/mol. The van der Waals surface area contributed by atoms with Gasteiger partial charge >= 0.3 is 11.9 Å². The fourth-order valence-electron chi connectivity index (χ4n) is 2.01. The van der Waals surface area contributed by atoms with E-state index in [4.69, 9.17) is 15.9 Å². The monoisotopic (exact) mass is 404 g/mol. The van der Waals surface area contributed by atoms with Crippen LogP contribution in [0.2, 0.25) is 0 Å². The topological polar surface area (TPSA) is 208 Å². The molecule has 0 aliphatic carbocycles. The quantitative estimate of drug-likeness (QED) is 0.181. The number of nitrogens with two attached hydrogens (primary N) is 1. The molecule has 0 aliphatic heterocycles. The fourth-order valence-corrected chi connectivity index (χ4v) is 2.01. The van der Waals surface area contributed by atoms with Crippen LogP contribution < -0.4 is 21.7 Å². The van der Waals surface area contributed by atoms with Crippen LogP contribution in [0.25, 0.3) is 0 Å². The van der Waals surface area contributed by atoms with Gasteiger partial charge in [-0.1, -0.05) is 13.8 Å². The van der Waals surface area contributed by atoms with Crippen LogP contribution >= 0.6 is 0 Å². The number of rotatable bonds is 12. The lowest BCUT2D eigenvalue weighted by molar-refractivity contribution is -0.144. The molecule has 3 amide bonds. The van der Waals surface area contributed by atoms with Gasteiger partial charge in [0.05, 0.1) is 18.7 Å². The zero-order valence-electron chi connectivity index (χ0n) is 16.0. The van der Waals surface area contributed by atoms with Crippen molar-refractivity contribution in [2.45, 2.75) is 57.8 Å². The molecule has 0 saturated heterocycles. The predicted octanol–water partition coefficient (Wildman–Crippen LogP) is -2.61. The molecule has 0 aromatic carbocycles. The molecule has 12 nitrogen and oxygen atoms in total. The van der Waals surface area contributed by atoms with Crippen LogP contribution in [0, 0.1) is 5.92 Å². The highest BCUT2D eigenvalue weighted by Crippen LogP contribution is 2.03. The molecule has 0 spiro atoms. The largest absolute Gasteiger partial charge is 0.481 e. The van der Waals surface area contributed by atoms with Crippen LogP contribution in [-0.2, 0) is 24.0 Å². The Morgan fingerprint density at radius 1 is 0.964 bits per heavy atom. The summed E-state index contributed by atoms with van der Waals surface area (Å²) in [7, 11) is 0. The summed E-state index contributed by atoms with van der Waals surface area (Å²) in [5.74, 6) is -5.22. The molecule has 0 aromatic heterocycles. The molecule has 0 aliphatic rings. The van der Waals surface area contributed by atoms with Crippen LogP contribution in [0.1, 0.15) is 33.6 Å². The van der Waals surface area contributed by atoms with Crippen molar-refractivity contribution in [1.29, 1.82) is 0 Å². The highest BCUT2D eigenvalue weighted by molar-refractivity contribution is 5.92. The number of carboxylic acid groups (broad SMARTS) is 2. The van der Waals surface area contributed by atoms with Crippen LogP contribution in [0.4, 0.5) is 0 Å². The first-order valence-corrected chi connectivity index (χ1v) is 8.62. The Balaban J connectivity index is 4.90. The zero-order valence-corrected chi connectivity index (χ0v) is 16.0. The van der Waals surface area contributed by atoms with E-state index in [2.05, 4.69) is 10.6 Å². The maximum Gasteiger partial charge on any atom is 0.328 e. The van der Waals surface area contributed by atoms with E-state index in [1.807, 2.05) is 5.32 Å². The minimum atomic E-state index is -1.56. The average Bonchev–Trinajstić information content (AvgIpc) is 2.59. The Labute approximate surface area is 161 Å². The van der Waals surface area contributed by atoms with E-state index in [1.165, 1.54) is 6.92 Å². The third-order valence-electron chi connectivity index (χ3n) is 3.79. The van der Waals surface area contributed by atoms with Gasteiger partial charge in [-0.2, -0.15) is 0 Å². The molecule has 160 valence electrons. The van der Waals surface area contributed by atoms with Gasteiger partial charge in [0, 0.05) is 6.42 Å². The molecule has 0 heterocycles. The molecule has 0 rings (SSSR count). The minimum absolute atomic E-state index is 0.220. The molecule has 28 heavy (non-hydrogen) atoms. The van der Waals surface area contributed by atoms with Crippen LogP contribution in [0.5, 0.6) is 0 Å². The zero-order chi connectivity index (χ0) is 22.0. The first kappa shape index (κ1) is 25.3. The molecule has 0 saturated carbocycles. The summed E-state index contributed by atoms with van der Waals surface area (Å²) in [6, 6.07) is -3.71. The number of amides is 3. The van der Waals surface area contributed by atoms with Crippen LogP contribution in [0.3, 0.4) is 0 Å². The molecule has 4 unspecified atom stereocenters. The molecule has 0 fully saturated rings. The highest BCUT2D eigenvalue weighted by atomic mass is 16.4. The Hall–Kier alpha value is -2.73. The Morgan fingerprint density at radius 3 is 1.96 bits per heavy atom. The van der Waals surface area contributed by atoms with Crippen molar-refractivity contribution in [2.75, 3.05) is 6.54 Å². The molecule has 4 atom stereocenters. The van der Waals surface area contributed by atoms with Crippen molar-refractivity contribution in [1.82, 2.24) is 16.0 Å². The number of carbonyl (C=O) groups is 5. The maximum atomic E-state index is 12.2. The number of nitrogens with one attached hydrogen (secondary N) is 3. The fraction of sp³-hybridized carbons (Fsp3) is 0.688. The normalized spacial score (nSPS) is 15.1. The van der Waals surface area contributed by atoms with E-state index >= 15 is 0 Å². The second kappa shape index (κ2) is 11.9. The van der Waals surface area contributed by atoms with Crippen molar-refractivity contribution in [2.24, 2.45) is 11.7 Å². The van der Waals surface area contributed by atoms with Gasteiger partial charge in [-0.15, -0.1) is 0 Å². The lowest BCUT2D eigenvalue weighted by Gasteiger charge is -2.22. The summed E-state index contributed by atoms with van der Waals surface area (Å²) in [5.41, 5.74) is 5.69. The van der Waals surface area contributed by atoms with Crippen molar-refractivity contribution in [3.8, 4) is 0 Å². The van der Waals surface area contributed by atoms with Gasteiger partial charge < -0.3 is 37.0 Å². The second-order valence-corrected chi connectivity index (χ2v) is 6.61. The third kappa shape index (κ3) is 9.28. The van der Waals surface area contributed by atoms with Gasteiger partial charge in [0.2, 0.25) is 17.7 Å². The minimum Gasteiger partial charge on any atom is -0.481 e. The van der Waals surface area contributed by atoms with Gasteiger partial charge in [-0.25, -0.2) is 4.79 Å². The molecule has 0 radical (unpaired) electrons. The number of hydrogen-bond donors (Lipinski definition) is 7. The Morgan fingerprint density at radius 2 is 1.54 bits per heavy atom. The number of aliphatic hydroxyl groups excluding tert-OH is 1. The van der Waals surface area contributed by atoms with Crippen molar-refractivity contribution >= 4 is 29.7 Å². The van der Waals surface area contributed by atoms with E-state index < -0.39 is 66.9 Å². The highest BCUT2D eigenvalue weighted by Gasteiger charge is 2.27. The standard InChI is InChI=1S/C16H28N4O8/c1-7(2)12(17)15(26)19-9(4-5-11(23)24)14(25)18-6-10(22)20-13(8(3)21)16(27)28/h7-9,12-13,21H,4-6,17H2,1-3H3,(H,18,25)(H,19,26)(H,20,22)(H,23,24)(H,27,28). The smallest absolute Gasteiger partial charge is 0.328 e. The Bertz CT molecular complexity index is 593. The second-order valence-electron chi connectivity index (χ2n) is 6.61. The first-order chi connectivity index (χ1) is 12.9. The van der Waals surface area contributed by atoms with E-state index in [0.717, 1.165) is 0 Å². The van der Waals surface area contributed by atoms with Crippen molar-refractivity contribution < 1.29 is 39.3 Å². The van der Waals surface area contributed by atoms with Crippen molar-refractivity contribution in [3.63, 3.8) is 0 Å². The van der Waals surface area contributed by atoms with Gasteiger partial charge in [-0.3, -0.25) is 19.2 Å². The first-order valence-electron chi connectivity index (χ1n) is 8.62. The average molecular weight is 404 g/mol. The summed E-state index contributed by atoms with van der Waals surface area (Å²) in [6.07, 6.45) is -2.01. The predicted molar refractivity (Wildman–Crippen MR) is 95.9 cm³/mol. The van der Waals surface area contributed by atoms with Gasteiger partial charge in [-0.05, 0) is 19.3 Å². The summed E-state index contributed by atoms with van der Waals surface area (Å²) in [6.45, 7) is 3.93. The van der Waals surface area contributed by atoms with E-state index in [1.54, 1.807) is 13.8 Å². The molecular formula is C16H28N4O8. The lowest BCUT2D eigenvalue weighted by Crippen LogP contribution is -2.55. The molecule has 12 heteroatoms. The Kier molecular flexibility index (Phi) is 10.7. The molecule has 0 aromatic rings. The summed E-state index contributed by atoms with van der Waals surface area (Å²) in [4.78, 5) is 57.7. The van der Waals surface area contributed by atoms with Gasteiger partial charge in [0.25, 0.3) is 0 Å². The summed E-state index contributed by atoms with van der Waals surface area (Å²) >= 11 is 0. The lowest BCUT2D eigenvalue weighted by atomic mass is 10.0. The van der Waals surface area contributed by atoms with Gasteiger partial charge in [0.15, 0.2) is 6.04 Å². The van der Waals surface area contributed by atoms with Gasteiger partial charge in [0.1, 0.15) is 6.04 Å². The van der Waals surface area contributed by atoms with E-state index in [9.17, 15) is 29.1 Å². The summed E-state index contributed by atoms with van der Waals surface area (Å²) < 4.78 is 0. The SMILES string of the molecule is CC(C)C(N)C(=O)NC(CCC(=O)O)C(=O)NCC(=O)NC(C(=O)O)C(C)O. The van der Waals surface area contributed by atoms with E-state index in [-0.39, 0.29) is 12.3 Å². The van der Waals surface area contributed by atoms with E-state index in [0.29, 0.717) is 0 Å². The van der Waals surface area contributed by atoms with Crippen LogP contribution in [0.15, 0.2) is 0 Å².